The molecule has 0 radical (unpaired) electrons. The first kappa shape index (κ1) is 9.21. The fourth-order valence-corrected chi connectivity index (χ4v) is 1.74. The van der Waals surface area contributed by atoms with E-state index in [1.807, 2.05) is 25.6 Å². The molecule has 0 amide bonds. The number of aryl methyl sites for hydroxylation is 1. The highest BCUT2D eigenvalue weighted by Crippen LogP contribution is 2.21. The van der Waals surface area contributed by atoms with Crippen molar-refractivity contribution in [3.8, 4) is 0 Å². The molecule has 0 spiro atoms. The fourth-order valence-electron chi connectivity index (χ4n) is 1.12. The van der Waals surface area contributed by atoms with Gasteiger partial charge in [0, 0.05) is 11.1 Å². The number of thiazole rings is 1. The molecule has 1 N–H and O–H groups in total. The van der Waals surface area contributed by atoms with E-state index >= 15 is 0 Å². The Morgan fingerprint density at radius 2 is 2.43 bits per heavy atom. The van der Waals surface area contributed by atoms with Crippen molar-refractivity contribution >= 4 is 17.4 Å². The molecule has 0 unspecified atom stereocenters. The number of nitrogens with one attached hydrogen (secondary N) is 1. The minimum absolute atomic E-state index is 0.181. The minimum Gasteiger partial charge on any atom is -0.432 e. The highest BCUT2D eigenvalue weighted by molar-refractivity contribution is 7.09. The third-order valence-corrected chi connectivity index (χ3v) is 2.80. The van der Waals surface area contributed by atoms with Gasteiger partial charge in [-0.3, -0.25) is 4.98 Å². The molecule has 0 bridgehead atoms. The van der Waals surface area contributed by atoms with Crippen molar-refractivity contribution in [3.05, 3.63) is 28.5 Å². The van der Waals surface area contributed by atoms with Crippen LogP contribution in [0.5, 0.6) is 0 Å². The van der Waals surface area contributed by atoms with Crippen LogP contribution in [0.15, 0.2) is 22.4 Å². The van der Waals surface area contributed by atoms with Gasteiger partial charge < -0.3 is 9.73 Å². The Kier molecular flexibility index (Phi) is 2.49. The monoisotopic (exact) mass is 209 g/mol. The Balaban J connectivity index is 2.05. The fraction of sp³-hybridized carbons (Fsp3) is 0.333. The molecule has 2 heterocycles. The number of rotatable bonds is 3. The van der Waals surface area contributed by atoms with Gasteiger partial charge in [0.1, 0.15) is 6.26 Å². The average Bonchev–Trinajstić information content (AvgIpc) is 2.75. The van der Waals surface area contributed by atoms with Crippen molar-refractivity contribution in [1.82, 2.24) is 9.97 Å². The van der Waals surface area contributed by atoms with Crippen LogP contribution in [-0.2, 0) is 0 Å². The molecule has 2 aromatic heterocycles. The van der Waals surface area contributed by atoms with Crippen LogP contribution < -0.4 is 5.32 Å². The first-order valence-electron chi connectivity index (χ1n) is 4.33. The van der Waals surface area contributed by atoms with Gasteiger partial charge >= 0.3 is 0 Å². The predicted molar refractivity (Wildman–Crippen MR) is 55.4 cm³/mol. The van der Waals surface area contributed by atoms with Crippen LogP contribution in [0.1, 0.15) is 23.5 Å². The van der Waals surface area contributed by atoms with Gasteiger partial charge in [0.25, 0.3) is 6.01 Å². The first-order chi connectivity index (χ1) is 6.75. The molecule has 0 aliphatic carbocycles. The van der Waals surface area contributed by atoms with E-state index in [1.54, 1.807) is 17.6 Å². The first-order valence-corrected chi connectivity index (χ1v) is 5.20. The predicted octanol–water partition coefficient (Wildman–Crippen LogP) is 2.61. The lowest BCUT2D eigenvalue weighted by atomic mass is 10.3. The van der Waals surface area contributed by atoms with Crippen molar-refractivity contribution in [3.63, 3.8) is 0 Å². The van der Waals surface area contributed by atoms with Crippen LogP contribution in [-0.4, -0.2) is 9.97 Å². The zero-order chi connectivity index (χ0) is 9.97. The number of hydrogen-bond donors (Lipinski definition) is 1. The van der Waals surface area contributed by atoms with Crippen molar-refractivity contribution in [2.24, 2.45) is 0 Å². The number of aromatic nitrogens is 2. The van der Waals surface area contributed by atoms with Gasteiger partial charge in [0.2, 0.25) is 0 Å². The number of hydrogen-bond acceptors (Lipinski definition) is 5. The standard InChI is InChI=1S/C9H11N3OS/c1-6-4-13-9(11-6)12-7(2)8-3-10-5-14-8/h3-5,7H,1-2H3,(H,11,12)/t7-/m0/s1. The van der Waals surface area contributed by atoms with Crippen LogP contribution in [0.25, 0.3) is 0 Å². The summed E-state index contributed by atoms with van der Waals surface area (Å²) in [6, 6.07) is 0.740. The Labute approximate surface area is 86.0 Å². The zero-order valence-electron chi connectivity index (χ0n) is 8.02. The maximum Gasteiger partial charge on any atom is 0.295 e. The summed E-state index contributed by atoms with van der Waals surface area (Å²) >= 11 is 1.61. The van der Waals surface area contributed by atoms with E-state index in [0.717, 1.165) is 5.69 Å². The lowest BCUT2D eigenvalue weighted by Crippen LogP contribution is -2.04. The topological polar surface area (TPSA) is 51.0 Å². The third kappa shape index (κ3) is 1.93. The number of nitrogens with zero attached hydrogens (tertiary/aromatic N) is 2. The van der Waals surface area contributed by atoms with Gasteiger partial charge in [0.15, 0.2) is 0 Å². The second-order valence-corrected chi connectivity index (χ2v) is 3.98. The van der Waals surface area contributed by atoms with Crippen molar-refractivity contribution < 1.29 is 4.42 Å². The summed E-state index contributed by atoms with van der Waals surface area (Å²) in [6.45, 7) is 3.94. The summed E-state index contributed by atoms with van der Waals surface area (Å²) in [6.07, 6.45) is 3.47. The van der Waals surface area contributed by atoms with E-state index in [-0.39, 0.29) is 6.04 Å². The van der Waals surface area contributed by atoms with Crippen molar-refractivity contribution in [2.75, 3.05) is 5.32 Å². The minimum atomic E-state index is 0.181. The van der Waals surface area contributed by atoms with Crippen LogP contribution in [0, 0.1) is 6.92 Å². The van der Waals surface area contributed by atoms with Crippen molar-refractivity contribution in [1.29, 1.82) is 0 Å². The van der Waals surface area contributed by atoms with Crippen LogP contribution in [0.2, 0.25) is 0 Å². The summed E-state index contributed by atoms with van der Waals surface area (Å²) in [7, 11) is 0. The smallest absolute Gasteiger partial charge is 0.295 e. The molecule has 1 atom stereocenters. The van der Waals surface area contributed by atoms with Crippen LogP contribution in [0.3, 0.4) is 0 Å². The highest BCUT2D eigenvalue weighted by atomic mass is 32.1. The molecule has 5 heteroatoms. The summed E-state index contributed by atoms with van der Waals surface area (Å²) in [4.78, 5) is 9.35. The van der Waals surface area contributed by atoms with E-state index in [1.165, 1.54) is 4.88 Å². The molecular weight excluding hydrogens is 198 g/mol. The molecule has 0 saturated heterocycles. The SMILES string of the molecule is Cc1coc(N[C@@H](C)c2cncs2)n1. The van der Waals surface area contributed by atoms with Gasteiger partial charge in [-0.1, -0.05) is 0 Å². The summed E-state index contributed by atoms with van der Waals surface area (Å²) in [5.74, 6) is 0. The van der Waals surface area contributed by atoms with Gasteiger partial charge in [-0.25, -0.2) is 0 Å². The average molecular weight is 209 g/mol. The Hall–Kier alpha value is -1.36. The van der Waals surface area contributed by atoms with Gasteiger partial charge in [-0.05, 0) is 13.8 Å². The second kappa shape index (κ2) is 3.79. The second-order valence-electron chi connectivity index (χ2n) is 3.06. The molecule has 2 aromatic rings. The van der Waals surface area contributed by atoms with Gasteiger partial charge in [-0.2, -0.15) is 4.98 Å². The Morgan fingerprint density at radius 3 is 3.00 bits per heavy atom. The normalized spacial score (nSPS) is 12.7. The molecule has 0 saturated carbocycles. The summed E-state index contributed by atoms with van der Waals surface area (Å²) in [5.41, 5.74) is 2.69. The van der Waals surface area contributed by atoms with E-state index in [0.29, 0.717) is 6.01 Å². The van der Waals surface area contributed by atoms with E-state index < -0.39 is 0 Å². The van der Waals surface area contributed by atoms with Crippen LogP contribution in [0.4, 0.5) is 6.01 Å². The molecule has 0 aliphatic rings. The molecular formula is C9H11N3OS. The maximum absolute atomic E-state index is 5.19. The molecule has 4 nitrogen and oxygen atoms in total. The van der Waals surface area contributed by atoms with Gasteiger partial charge in [0.05, 0.1) is 17.2 Å². The Morgan fingerprint density at radius 1 is 1.57 bits per heavy atom. The lowest BCUT2D eigenvalue weighted by Gasteiger charge is -2.08. The summed E-state index contributed by atoms with van der Waals surface area (Å²) in [5, 5.41) is 3.16. The molecule has 74 valence electrons. The Bertz CT molecular complexity index is 396. The number of oxazole rings is 1. The molecule has 14 heavy (non-hydrogen) atoms. The number of anilines is 1. The largest absolute Gasteiger partial charge is 0.432 e. The lowest BCUT2D eigenvalue weighted by molar-refractivity contribution is 0.563. The van der Waals surface area contributed by atoms with Gasteiger partial charge in [-0.15, -0.1) is 11.3 Å². The molecule has 0 aromatic carbocycles. The molecule has 2 rings (SSSR count). The van der Waals surface area contributed by atoms with E-state index in [4.69, 9.17) is 4.42 Å². The summed E-state index contributed by atoms with van der Waals surface area (Å²) < 4.78 is 5.19. The van der Waals surface area contributed by atoms with Crippen LogP contribution >= 0.6 is 11.3 Å². The highest BCUT2D eigenvalue weighted by Gasteiger charge is 2.09. The van der Waals surface area contributed by atoms with E-state index in [2.05, 4.69) is 15.3 Å². The quantitative estimate of drug-likeness (QED) is 0.844. The zero-order valence-corrected chi connectivity index (χ0v) is 8.84. The van der Waals surface area contributed by atoms with E-state index in [9.17, 15) is 0 Å². The third-order valence-electron chi connectivity index (χ3n) is 1.84. The molecule has 0 fully saturated rings. The van der Waals surface area contributed by atoms with Crippen molar-refractivity contribution in [2.45, 2.75) is 19.9 Å². The molecule has 0 aliphatic heterocycles. The maximum atomic E-state index is 5.19.